The third kappa shape index (κ3) is 5.13. The van der Waals surface area contributed by atoms with Crippen molar-refractivity contribution in [3.8, 4) is 6.07 Å². The van der Waals surface area contributed by atoms with Crippen molar-refractivity contribution in [1.82, 2.24) is 10.2 Å². The van der Waals surface area contributed by atoms with Crippen LogP contribution >= 0.6 is 0 Å². The summed E-state index contributed by atoms with van der Waals surface area (Å²) in [5, 5.41) is 11.6. The van der Waals surface area contributed by atoms with Crippen molar-refractivity contribution >= 4 is 5.91 Å². The van der Waals surface area contributed by atoms with Crippen molar-refractivity contribution in [3.63, 3.8) is 0 Å². The Hall–Kier alpha value is -1.08. The van der Waals surface area contributed by atoms with Crippen LogP contribution < -0.4 is 5.32 Å². The van der Waals surface area contributed by atoms with Crippen LogP contribution in [0.1, 0.15) is 27.7 Å². The highest BCUT2D eigenvalue weighted by Gasteiger charge is 2.20. The van der Waals surface area contributed by atoms with Crippen LogP contribution in [0.5, 0.6) is 0 Å². The number of hydrogen-bond acceptors (Lipinski definition) is 3. The summed E-state index contributed by atoms with van der Waals surface area (Å²) in [5.74, 6) is -0.633. The van der Waals surface area contributed by atoms with E-state index in [2.05, 4.69) is 24.1 Å². The maximum absolute atomic E-state index is 11.6. The average Bonchev–Trinajstić information content (AvgIpc) is 2.17. The van der Waals surface area contributed by atoms with Crippen LogP contribution in [0.4, 0.5) is 0 Å². The minimum atomic E-state index is -0.538. The molecule has 0 heterocycles. The summed E-state index contributed by atoms with van der Waals surface area (Å²) in [4.78, 5) is 13.8. The molecule has 0 aliphatic rings. The van der Waals surface area contributed by atoms with Crippen LogP contribution in [-0.4, -0.2) is 37.0 Å². The van der Waals surface area contributed by atoms with Gasteiger partial charge in [-0.2, -0.15) is 5.26 Å². The number of amides is 1. The molecular formula is C12H23N3O. The highest BCUT2D eigenvalue weighted by atomic mass is 16.1. The summed E-state index contributed by atoms with van der Waals surface area (Å²) in [5.41, 5.74) is 0. The lowest BCUT2D eigenvalue weighted by molar-refractivity contribution is -0.124. The fourth-order valence-electron chi connectivity index (χ4n) is 1.23. The Balaban J connectivity index is 3.95. The molecule has 1 amide bonds. The van der Waals surface area contributed by atoms with Crippen molar-refractivity contribution < 1.29 is 4.79 Å². The van der Waals surface area contributed by atoms with Crippen LogP contribution in [0.2, 0.25) is 0 Å². The Morgan fingerprint density at radius 1 is 1.38 bits per heavy atom. The molecule has 92 valence electrons. The van der Waals surface area contributed by atoms with Gasteiger partial charge in [0.1, 0.15) is 5.92 Å². The first-order valence-electron chi connectivity index (χ1n) is 5.77. The summed E-state index contributed by atoms with van der Waals surface area (Å²) in [6, 6.07) is 2.50. The summed E-state index contributed by atoms with van der Waals surface area (Å²) < 4.78 is 0. The van der Waals surface area contributed by atoms with Crippen molar-refractivity contribution in [2.24, 2.45) is 11.8 Å². The molecule has 0 saturated heterocycles. The van der Waals surface area contributed by atoms with Crippen LogP contribution in [0.25, 0.3) is 0 Å². The molecule has 0 spiro atoms. The van der Waals surface area contributed by atoms with E-state index in [9.17, 15) is 4.79 Å². The molecule has 0 aromatic rings. The van der Waals surface area contributed by atoms with Gasteiger partial charge < -0.3 is 10.2 Å². The number of nitrogens with zero attached hydrogens (tertiary/aromatic N) is 2. The lowest BCUT2D eigenvalue weighted by atomic mass is 9.97. The molecule has 0 aliphatic heterocycles. The minimum absolute atomic E-state index is 0.0628. The molecule has 16 heavy (non-hydrogen) atoms. The van der Waals surface area contributed by atoms with E-state index in [1.54, 1.807) is 0 Å². The van der Waals surface area contributed by atoms with Crippen LogP contribution in [0.3, 0.4) is 0 Å². The Labute approximate surface area is 98.6 Å². The largest absolute Gasteiger partial charge is 0.354 e. The zero-order valence-corrected chi connectivity index (χ0v) is 10.9. The lowest BCUT2D eigenvalue weighted by Crippen LogP contribution is -2.39. The smallest absolute Gasteiger partial charge is 0.237 e. The normalized spacial score (nSPS) is 12.9. The SMILES string of the molecule is CC(C)C(C#N)C(=O)NCCN(C)C(C)C. The second-order valence-electron chi connectivity index (χ2n) is 4.72. The molecule has 4 heteroatoms. The molecule has 0 fully saturated rings. The first-order valence-corrected chi connectivity index (χ1v) is 5.77. The molecule has 0 rings (SSSR count). The van der Waals surface area contributed by atoms with Gasteiger partial charge in [-0.25, -0.2) is 0 Å². The molecule has 0 saturated carbocycles. The molecule has 0 radical (unpaired) electrons. The number of carbonyl (C=O) groups excluding carboxylic acids is 1. The quantitative estimate of drug-likeness (QED) is 0.740. The molecule has 4 nitrogen and oxygen atoms in total. The summed E-state index contributed by atoms with van der Waals surface area (Å²) in [6.07, 6.45) is 0. The van der Waals surface area contributed by atoms with E-state index in [4.69, 9.17) is 5.26 Å². The Morgan fingerprint density at radius 3 is 2.31 bits per heavy atom. The number of nitriles is 1. The molecular weight excluding hydrogens is 202 g/mol. The van der Waals surface area contributed by atoms with E-state index in [0.29, 0.717) is 12.6 Å². The van der Waals surface area contributed by atoms with Crippen molar-refractivity contribution in [3.05, 3.63) is 0 Å². The Morgan fingerprint density at radius 2 is 1.94 bits per heavy atom. The Bertz CT molecular complexity index is 255. The standard InChI is InChI=1S/C12H23N3O/c1-9(2)11(8-13)12(16)14-6-7-15(5)10(3)4/h9-11H,6-7H2,1-5H3,(H,14,16). The van der Waals surface area contributed by atoms with Gasteiger partial charge in [0.2, 0.25) is 5.91 Å². The molecule has 0 aromatic carbocycles. The van der Waals surface area contributed by atoms with Crippen LogP contribution in [0, 0.1) is 23.2 Å². The van der Waals surface area contributed by atoms with Gasteiger partial charge in [-0.15, -0.1) is 0 Å². The van der Waals surface area contributed by atoms with Gasteiger partial charge in [0.05, 0.1) is 6.07 Å². The number of carbonyl (C=O) groups is 1. The highest BCUT2D eigenvalue weighted by molar-refractivity contribution is 5.81. The minimum Gasteiger partial charge on any atom is -0.354 e. The zero-order chi connectivity index (χ0) is 12.7. The van der Waals surface area contributed by atoms with Crippen molar-refractivity contribution in [1.29, 1.82) is 5.26 Å². The van der Waals surface area contributed by atoms with Gasteiger partial charge in [-0.05, 0) is 26.8 Å². The number of rotatable bonds is 6. The predicted molar refractivity (Wildman–Crippen MR) is 64.7 cm³/mol. The molecule has 0 aliphatic carbocycles. The second kappa shape index (κ2) is 7.24. The maximum atomic E-state index is 11.6. The molecule has 1 atom stereocenters. The third-order valence-electron chi connectivity index (χ3n) is 2.73. The lowest BCUT2D eigenvalue weighted by Gasteiger charge is -2.21. The van der Waals surface area contributed by atoms with E-state index < -0.39 is 5.92 Å². The Kier molecular flexibility index (Phi) is 6.75. The van der Waals surface area contributed by atoms with Gasteiger partial charge in [-0.3, -0.25) is 4.79 Å². The van der Waals surface area contributed by atoms with E-state index in [1.165, 1.54) is 0 Å². The summed E-state index contributed by atoms with van der Waals surface area (Å²) in [7, 11) is 2.01. The maximum Gasteiger partial charge on any atom is 0.237 e. The number of hydrogen-bond donors (Lipinski definition) is 1. The van der Waals surface area contributed by atoms with Gasteiger partial charge in [0.25, 0.3) is 0 Å². The monoisotopic (exact) mass is 225 g/mol. The van der Waals surface area contributed by atoms with E-state index in [-0.39, 0.29) is 11.8 Å². The van der Waals surface area contributed by atoms with Crippen molar-refractivity contribution in [2.45, 2.75) is 33.7 Å². The number of likely N-dealkylation sites (N-methyl/N-ethyl adjacent to an activating group) is 1. The fraction of sp³-hybridized carbons (Fsp3) is 0.833. The van der Waals surface area contributed by atoms with Gasteiger partial charge >= 0.3 is 0 Å². The van der Waals surface area contributed by atoms with E-state index >= 15 is 0 Å². The van der Waals surface area contributed by atoms with Gasteiger partial charge in [0.15, 0.2) is 0 Å². The second-order valence-corrected chi connectivity index (χ2v) is 4.72. The first kappa shape index (κ1) is 14.9. The van der Waals surface area contributed by atoms with E-state index in [1.807, 2.05) is 27.0 Å². The topological polar surface area (TPSA) is 56.1 Å². The molecule has 0 bridgehead atoms. The van der Waals surface area contributed by atoms with Crippen LogP contribution in [-0.2, 0) is 4.79 Å². The van der Waals surface area contributed by atoms with Gasteiger partial charge in [-0.1, -0.05) is 13.8 Å². The zero-order valence-electron chi connectivity index (χ0n) is 10.9. The molecule has 0 aromatic heterocycles. The van der Waals surface area contributed by atoms with Gasteiger partial charge in [0, 0.05) is 19.1 Å². The highest BCUT2D eigenvalue weighted by Crippen LogP contribution is 2.08. The fourth-order valence-corrected chi connectivity index (χ4v) is 1.23. The third-order valence-corrected chi connectivity index (χ3v) is 2.73. The first-order chi connectivity index (χ1) is 7.40. The van der Waals surface area contributed by atoms with Crippen molar-refractivity contribution in [2.75, 3.05) is 20.1 Å². The number of nitrogens with one attached hydrogen (secondary N) is 1. The average molecular weight is 225 g/mol. The summed E-state index contributed by atoms with van der Waals surface area (Å²) >= 11 is 0. The summed E-state index contributed by atoms with van der Waals surface area (Å²) in [6.45, 7) is 9.38. The van der Waals surface area contributed by atoms with Crippen LogP contribution in [0.15, 0.2) is 0 Å². The molecule has 1 unspecified atom stereocenters. The molecule has 1 N–H and O–H groups in total. The van der Waals surface area contributed by atoms with E-state index in [0.717, 1.165) is 6.54 Å². The predicted octanol–water partition coefficient (Wildman–Crippen LogP) is 1.24.